The maximum absolute atomic E-state index is 10.4. The van der Waals surface area contributed by atoms with E-state index >= 15 is 0 Å². The summed E-state index contributed by atoms with van der Waals surface area (Å²) in [5, 5.41) is 10.4. The molecule has 3 fully saturated rings. The van der Waals surface area contributed by atoms with Crippen molar-refractivity contribution in [3.8, 4) is 0 Å². The van der Waals surface area contributed by atoms with E-state index in [0.717, 1.165) is 12.0 Å². The predicted molar refractivity (Wildman–Crippen MR) is 89.4 cm³/mol. The third kappa shape index (κ3) is 2.14. The van der Waals surface area contributed by atoms with Crippen molar-refractivity contribution in [2.24, 2.45) is 23.2 Å². The molecule has 1 aromatic rings. The van der Waals surface area contributed by atoms with Crippen molar-refractivity contribution in [1.82, 2.24) is 0 Å². The van der Waals surface area contributed by atoms with Crippen LogP contribution in [0.5, 0.6) is 0 Å². The van der Waals surface area contributed by atoms with Crippen molar-refractivity contribution in [3.05, 3.63) is 48.0 Å². The first-order chi connectivity index (χ1) is 12.3. The van der Waals surface area contributed by atoms with Crippen LogP contribution < -0.4 is 0 Å². The van der Waals surface area contributed by atoms with E-state index in [0.29, 0.717) is 12.5 Å². The van der Waals surface area contributed by atoms with Gasteiger partial charge in [-0.05, 0) is 18.3 Å². The number of allylic oxidation sites excluding steroid dienone is 2. The molecule has 2 bridgehead atoms. The Morgan fingerprint density at radius 3 is 2.80 bits per heavy atom. The Labute approximate surface area is 147 Å². The number of aliphatic hydroxyl groups excluding tert-OH is 1. The summed E-state index contributed by atoms with van der Waals surface area (Å²) in [7, 11) is 1.66. The molecule has 2 aliphatic carbocycles. The second kappa shape index (κ2) is 5.89. The van der Waals surface area contributed by atoms with Crippen LogP contribution in [0.3, 0.4) is 0 Å². The molecule has 0 radical (unpaired) electrons. The van der Waals surface area contributed by atoms with Crippen LogP contribution in [-0.2, 0) is 18.9 Å². The van der Waals surface area contributed by atoms with Gasteiger partial charge in [-0.1, -0.05) is 42.5 Å². The minimum absolute atomic E-state index is 0.0467. The molecule has 1 N–H and O–H groups in total. The largest absolute Gasteiger partial charge is 0.396 e. The molecule has 0 amide bonds. The van der Waals surface area contributed by atoms with Crippen LogP contribution in [0.2, 0.25) is 0 Å². The first-order valence-electron chi connectivity index (χ1n) is 9.07. The molecular weight excluding hydrogens is 320 g/mol. The summed E-state index contributed by atoms with van der Waals surface area (Å²) in [5.41, 5.74) is 0.594. The van der Waals surface area contributed by atoms with Gasteiger partial charge in [0.25, 0.3) is 0 Å². The van der Waals surface area contributed by atoms with Gasteiger partial charge >= 0.3 is 0 Å². The van der Waals surface area contributed by atoms with E-state index in [-0.39, 0.29) is 36.9 Å². The summed E-state index contributed by atoms with van der Waals surface area (Å²) >= 11 is 0. The van der Waals surface area contributed by atoms with E-state index in [1.165, 1.54) is 0 Å². The minimum atomic E-state index is -0.427. The van der Waals surface area contributed by atoms with Gasteiger partial charge in [-0.3, -0.25) is 0 Å². The molecular formula is C20H24O5. The van der Waals surface area contributed by atoms with Crippen LogP contribution in [0.15, 0.2) is 42.5 Å². The number of methoxy groups -OCH3 is 1. The molecule has 2 aliphatic heterocycles. The molecule has 5 heteroatoms. The van der Waals surface area contributed by atoms with Gasteiger partial charge in [-0.2, -0.15) is 0 Å². The van der Waals surface area contributed by atoms with Crippen molar-refractivity contribution >= 4 is 0 Å². The summed E-state index contributed by atoms with van der Waals surface area (Å²) in [5.74, 6) is 0.868. The van der Waals surface area contributed by atoms with Gasteiger partial charge in [-0.15, -0.1) is 0 Å². The number of fused-ring (bicyclic) bond motifs is 7. The molecule has 1 aromatic carbocycles. The first-order valence-corrected chi connectivity index (χ1v) is 9.07. The number of hydrogen-bond acceptors (Lipinski definition) is 5. The summed E-state index contributed by atoms with van der Waals surface area (Å²) in [6, 6.07) is 10.0. The molecule has 1 saturated carbocycles. The van der Waals surface area contributed by atoms with Crippen molar-refractivity contribution in [2.45, 2.75) is 31.2 Å². The number of benzene rings is 1. The van der Waals surface area contributed by atoms with Crippen molar-refractivity contribution in [2.75, 3.05) is 20.3 Å². The fourth-order valence-electron chi connectivity index (χ4n) is 5.54. The molecule has 2 heterocycles. The topological polar surface area (TPSA) is 57.2 Å². The lowest BCUT2D eigenvalue weighted by Gasteiger charge is -2.56. The van der Waals surface area contributed by atoms with Crippen LogP contribution in [0, 0.1) is 23.2 Å². The fraction of sp³-hybridized carbons (Fsp3) is 0.600. The van der Waals surface area contributed by atoms with Gasteiger partial charge in [0.1, 0.15) is 6.10 Å². The standard InChI is InChI=1S/C20H24O5/c1-22-19-20(11-21)14-8-7-13(9-14)16(20)17-15(24-19)10-23-18(25-17)12-5-3-2-4-6-12/h2-8,13-19,21H,9-11H2,1H3/t13-,14+,15+,16-,17+,18+,19-,20-/m0/s1. The lowest BCUT2D eigenvalue weighted by Crippen LogP contribution is -2.64. The molecule has 0 spiro atoms. The number of aliphatic hydroxyl groups is 1. The normalized spacial score (nSPS) is 47.5. The Balaban J connectivity index is 1.50. The maximum atomic E-state index is 10.4. The molecule has 2 saturated heterocycles. The first kappa shape index (κ1) is 16.0. The lowest BCUT2D eigenvalue weighted by atomic mass is 9.63. The molecule has 8 atom stereocenters. The molecule has 4 aliphatic rings. The molecule has 25 heavy (non-hydrogen) atoms. The van der Waals surface area contributed by atoms with E-state index in [1.54, 1.807) is 7.11 Å². The molecule has 5 nitrogen and oxygen atoms in total. The van der Waals surface area contributed by atoms with E-state index in [9.17, 15) is 5.11 Å². The van der Waals surface area contributed by atoms with Gasteiger partial charge < -0.3 is 24.1 Å². The summed E-state index contributed by atoms with van der Waals surface area (Å²) in [4.78, 5) is 0. The predicted octanol–water partition coefficient (Wildman–Crippen LogP) is 2.27. The summed E-state index contributed by atoms with van der Waals surface area (Å²) in [6.45, 7) is 0.522. The highest BCUT2D eigenvalue weighted by Crippen LogP contribution is 2.63. The van der Waals surface area contributed by atoms with Crippen molar-refractivity contribution in [1.29, 1.82) is 0 Å². The fourth-order valence-corrected chi connectivity index (χ4v) is 5.54. The monoisotopic (exact) mass is 344 g/mol. The highest BCUT2D eigenvalue weighted by atomic mass is 16.7. The number of rotatable bonds is 3. The molecule has 0 unspecified atom stereocenters. The second-order valence-electron chi connectivity index (χ2n) is 7.61. The van der Waals surface area contributed by atoms with Crippen LogP contribution in [0.25, 0.3) is 0 Å². The van der Waals surface area contributed by atoms with Crippen LogP contribution >= 0.6 is 0 Å². The summed E-state index contributed by atoms with van der Waals surface area (Å²) in [6.07, 6.45) is 4.47. The quantitative estimate of drug-likeness (QED) is 0.853. The van der Waals surface area contributed by atoms with Gasteiger partial charge in [0.05, 0.1) is 24.7 Å². The zero-order valence-electron chi connectivity index (χ0n) is 14.3. The van der Waals surface area contributed by atoms with Gasteiger partial charge in [0.2, 0.25) is 0 Å². The highest BCUT2D eigenvalue weighted by Gasteiger charge is 2.67. The van der Waals surface area contributed by atoms with Crippen molar-refractivity contribution in [3.63, 3.8) is 0 Å². The van der Waals surface area contributed by atoms with Crippen LogP contribution in [-0.4, -0.2) is 43.9 Å². The third-order valence-corrected chi connectivity index (χ3v) is 6.60. The zero-order chi connectivity index (χ0) is 17.0. The van der Waals surface area contributed by atoms with E-state index in [2.05, 4.69) is 12.2 Å². The zero-order valence-corrected chi connectivity index (χ0v) is 14.3. The van der Waals surface area contributed by atoms with E-state index in [4.69, 9.17) is 18.9 Å². The Bertz CT molecular complexity index is 661. The number of ether oxygens (including phenoxy) is 4. The highest BCUT2D eigenvalue weighted by molar-refractivity contribution is 5.24. The molecule has 5 rings (SSSR count). The van der Waals surface area contributed by atoms with Gasteiger partial charge in [0, 0.05) is 18.6 Å². The van der Waals surface area contributed by atoms with Crippen LogP contribution in [0.4, 0.5) is 0 Å². The molecule has 0 aromatic heterocycles. The molecule has 134 valence electrons. The average Bonchev–Trinajstić information content (AvgIpc) is 3.28. The number of hydrogen-bond donors (Lipinski definition) is 1. The smallest absolute Gasteiger partial charge is 0.184 e. The third-order valence-electron chi connectivity index (χ3n) is 6.60. The lowest BCUT2D eigenvalue weighted by molar-refractivity contribution is -0.369. The Morgan fingerprint density at radius 2 is 2.04 bits per heavy atom. The Kier molecular flexibility index (Phi) is 3.77. The van der Waals surface area contributed by atoms with Crippen LogP contribution in [0.1, 0.15) is 18.3 Å². The minimum Gasteiger partial charge on any atom is -0.396 e. The van der Waals surface area contributed by atoms with E-state index < -0.39 is 11.7 Å². The average molecular weight is 344 g/mol. The van der Waals surface area contributed by atoms with Gasteiger partial charge in [-0.25, -0.2) is 0 Å². The Morgan fingerprint density at radius 1 is 1.20 bits per heavy atom. The summed E-state index contributed by atoms with van der Waals surface area (Å²) < 4.78 is 24.3. The maximum Gasteiger partial charge on any atom is 0.184 e. The second-order valence-corrected chi connectivity index (χ2v) is 7.61. The van der Waals surface area contributed by atoms with Crippen molar-refractivity contribution < 1.29 is 24.1 Å². The SMILES string of the molecule is CO[C@H]1O[C@@H]2CO[C@@H](c3ccccc3)O[C@H]2[C@@H]2[C@H]3C=C[C@H](C3)[C@]12CO. The van der Waals surface area contributed by atoms with E-state index in [1.807, 2.05) is 30.3 Å². The van der Waals surface area contributed by atoms with Gasteiger partial charge in [0.15, 0.2) is 12.6 Å². The Hall–Kier alpha value is -1.24.